The molecule has 2 rings (SSSR count). The summed E-state index contributed by atoms with van der Waals surface area (Å²) in [7, 11) is 0. The van der Waals surface area contributed by atoms with Gasteiger partial charge in [0.15, 0.2) is 12.7 Å². The zero-order valence-corrected chi connectivity index (χ0v) is 15.7. The fourth-order valence-electron chi connectivity index (χ4n) is 1.94. The Balaban J connectivity index is 1.77. The van der Waals surface area contributed by atoms with Gasteiger partial charge < -0.3 is 9.47 Å². The molecule has 6 nitrogen and oxygen atoms in total. The number of rotatable bonds is 6. The monoisotopic (exact) mass is 396 g/mol. The summed E-state index contributed by atoms with van der Waals surface area (Å²) >= 11 is 11.8. The number of hydrogen-bond donors (Lipinski definition) is 2. The van der Waals surface area contributed by atoms with Crippen molar-refractivity contribution in [1.29, 1.82) is 0 Å². The molecule has 2 amide bonds. The maximum atomic E-state index is 12.0. The lowest BCUT2D eigenvalue weighted by Crippen LogP contribution is -2.48. The van der Waals surface area contributed by atoms with Gasteiger partial charge in [0.25, 0.3) is 11.8 Å². The van der Waals surface area contributed by atoms with E-state index in [0.29, 0.717) is 16.5 Å². The Kier molecular flexibility index (Phi) is 7.12. The van der Waals surface area contributed by atoms with Crippen molar-refractivity contribution in [2.75, 3.05) is 6.61 Å². The first-order chi connectivity index (χ1) is 12.3. The van der Waals surface area contributed by atoms with Crippen LogP contribution in [0.3, 0.4) is 0 Å². The summed E-state index contributed by atoms with van der Waals surface area (Å²) in [5.74, 6) is -0.162. The van der Waals surface area contributed by atoms with E-state index in [1.807, 2.05) is 19.1 Å². The van der Waals surface area contributed by atoms with Crippen molar-refractivity contribution in [2.45, 2.75) is 20.0 Å². The van der Waals surface area contributed by atoms with Gasteiger partial charge in [0.1, 0.15) is 11.5 Å². The van der Waals surface area contributed by atoms with Crippen LogP contribution in [0.1, 0.15) is 12.5 Å². The Morgan fingerprint density at radius 1 is 1.12 bits per heavy atom. The first-order valence-corrected chi connectivity index (χ1v) is 8.50. The molecule has 138 valence electrons. The van der Waals surface area contributed by atoms with Crippen molar-refractivity contribution in [2.24, 2.45) is 0 Å². The van der Waals surface area contributed by atoms with E-state index in [-0.39, 0.29) is 11.6 Å². The number of amides is 2. The van der Waals surface area contributed by atoms with Gasteiger partial charge in [0.2, 0.25) is 0 Å². The van der Waals surface area contributed by atoms with Crippen LogP contribution in [0.5, 0.6) is 11.5 Å². The molecule has 0 aliphatic carbocycles. The smallest absolute Gasteiger partial charge is 0.279 e. The molecule has 0 fully saturated rings. The van der Waals surface area contributed by atoms with Crippen LogP contribution < -0.4 is 20.3 Å². The van der Waals surface area contributed by atoms with E-state index in [1.54, 1.807) is 24.3 Å². The molecule has 0 radical (unpaired) electrons. The standard InChI is InChI=1S/C18H18Cl2N2O4/c1-11-4-3-5-14(8-11)25-10-17(23)21-22-18(24)12(2)26-16-7-6-13(19)9-15(16)20/h3-9,12H,10H2,1-2H3,(H,21,23)(H,22,24)/t12-/m1/s1. The fourth-order valence-corrected chi connectivity index (χ4v) is 2.39. The second-order valence-corrected chi connectivity index (χ2v) is 6.32. The van der Waals surface area contributed by atoms with Crippen molar-refractivity contribution >= 4 is 35.0 Å². The molecule has 0 saturated carbocycles. The molecule has 0 saturated heterocycles. The predicted octanol–water partition coefficient (Wildman–Crippen LogP) is 3.30. The lowest BCUT2D eigenvalue weighted by Gasteiger charge is -2.16. The highest BCUT2D eigenvalue weighted by Crippen LogP contribution is 2.28. The lowest BCUT2D eigenvalue weighted by atomic mass is 10.2. The average molecular weight is 397 g/mol. The van der Waals surface area contributed by atoms with Gasteiger partial charge in [-0.15, -0.1) is 0 Å². The summed E-state index contributed by atoms with van der Waals surface area (Å²) in [6.45, 7) is 3.21. The van der Waals surface area contributed by atoms with Crippen LogP contribution in [0.2, 0.25) is 10.0 Å². The zero-order chi connectivity index (χ0) is 19.1. The van der Waals surface area contributed by atoms with Gasteiger partial charge in [-0.05, 0) is 49.7 Å². The minimum absolute atomic E-state index is 0.234. The molecule has 0 heterocycles. The van der Waals surface area contributed by atoms with E-state index in [9.17, 15) is 9.59 Å². The van der Waals surface area contributed by atoms with Crippen molar-refractivity contribution in [3.8, 4) is 11.5 Å². The van der Waals surface area contributed by atoms with Gasteiger partial charge in [-0.25, -0.2) is 0 Å². The van der Waals surface area contributed by atoms with Gasteiger partial charge in [-0.2, -0.15) is 0 Å². The Morgan fingerprint density at radius 2 is 1.88 bits per heavy atom. The molecule has 0 spiro atoms. The van der Waals surface area contributed by atoms with E-state index in [2.05, 4.69) is 10.9 Å². The molecule has 26 heavy (non-hydrogen) atoms. The summed E-state index contributed by atoms with van der Waals surface area (Å²) in [6.07, 6.45) is -0.883. The quantitative estimate of drug-likeness (QED) is 0.734. The second kappa shape index (κ2) is 9.31. The third-order valence-electron chi connectivity index (χ3n) is 3.25. The van der Waals surface area contributed by atoms with Gasteiger partial charge in [0.05, 0.1) is 5.02 Å². The van der Waals surface area contributed by atoms with Gasteiger partial charge in [-0.3, -0.25) is 20.4 Å². The third kappa shape index (κ3) is 6.13. The van der Waals surface area contributed by atoms with Gasteiger partial charge in [-0.1, -0.05) is 35.3 Å². The highest BCUT2D eigenvalue weighted by molar-refractivity contribution is 6.35. The predicted molar refractivity (Wildman–Crippen MR) is 99.5 cm³/mol. The summed E-state index contributed by atoms with van der Waals surface area (Å²) in [5.41, 5.74) is 5.55. The number of carbonyl (C=O) groups excluding carboxylic acids is 2. The maximum absolute atomic E-state index is 12.0. The van der Waals surface area contributed by atoms with Crippen molar-refractivity contribution in [1.82, 2.24) is 10.9 Å². The topological polar surface area (TPSA) is 76.7 Å². The summed E-state index contributed by atoms with van der Waals surface area (Å²) in [6, 6.07) is 11.9. The Morgan fingerprint density at radius 3 is 2.58 bits per heavy atom. The minimum atomic E-state index is -0.883. The molecule has 0 aliphatic heterocycles. The van der Waals surface area contributed by atoms with Crippen LogP contribution in [0, 0.1) is 6.92 Å². The normalized spacial score (nSPS) is 11.4. The SMILES string of the molecule is Cc1cccc(OCC(=O)NNC(=O)[C@@H](C)Oc2ccc(Cl)cc2Cl)c1. The van der Waals surface area contributed by atoms with Crippen molar-refractivity contribution in [3.63, 3.8) is 0 Å². The number of hydrazine groups is 1. The molecule has 1 atom stereocenters. The second-order valence-electron chi connectivity index (χ2n) is 5.48. The van der Waals surface area contributed by atoms with Crippen LogP contribution in [-0.2, 0) is 9.59 Å². The molecule has 8 heteroatoms. The van der Waals surface area contributed by atoms with Crippen LogP contribution >= 0.6 is 23.2 Å². The number of nitrogens with one attached hydrogen (secondary N) is 2. The highest BCUT2D eigenvalue weighted by atomic mass is 35.5. The molecule has 0 aliphatic rings. The third-order valence-corrected chi connectivity index (χ3v) is 3.78. The fraction of sp³-hybridized carbons (Fsp3) is 0.222. The van der Waals surface area contributed by atoms with Gasteiger partial charge >= 0.3 is 0 Å². The van der Waals surface area contributed by atoms with Crippen LogP contribution in [0.4, 0.5) is 0 Å². The molecule has 2 aromatic carbocycles. The van der Waals surface area contributed by atoms with E-state index < -0.39 is 17.9 Å². The molecule has 2 aromatic rings. The molecule has 0 unspecified atom stereocenters. The number of ether oxygens (including phenoxy) is 2. The molecule has 0 aromatic heterocycles. The van der Waals surface area contributed by atoms with Crippen molar-refractivity contribution in [3.05, 3.63) is 58.1 Å². The number of hydrogen-bond acceptors (Lipinski definition) is 4. The Labute approximate surface area is 161 Å². The van der Waals surface area contributed by atoms with E-state index in [4.69, 9.17) is 32.7 Å². The van der Waals surface area contributed by atoms with Crippen LogP contribution in [0.15, 0.2) is 42.5 Å². The largest absolute Gasteiger partial charge is 0.484 e. The maximum Gasteiger partial charge on any atom is 0.279 e. The first kappa shape index (κ1) is 19.9. The number of carbonyl (C=O) groups is 2. The lowest BCUT2D eigenvalue weighted by molar-refractivity contribution is -0.133. The van der Waals surface area contributed by atoms with E-state index >= 15 is 0 Å². The van der Waals surface area contributed by atoms with E-state index in [0.717, 1.165) is 5.56 Å². The molecular formula is C18H18Cl2N2O4. The number of benzene rings is 2. The molecule has 2 N–H and O–H groups in total. The first-order valence-electron chi connectivity index (χ1n) is 7.75. The Bertz CT molecular complexity index is 799. The van der Waals surface area contributed by atoms with E-state index in [1.165, 1.54) is 13.0 Å². The highest BCUT2D eigenvalue weighted by Gasteiger charge is 2.17. The van der Waals surface area contributed by atoms with Crippen LogP contribution in [0.25, 0.3) is 0 Å². The zero-order valence-electron chi connectivity index (χ0n) is 14.2. The summed E-state index contributed by atoms with van der Waals surface area (Å²) in [5, 5.41) is 0.744. The summed E-state index contributed by atoms with van der Waals surface area (Å²) in [4.78, 5) is 23.7. The van der Waals surface area contributed by atoms with Crippen molar-refractivity contribution < 1.29 is 19.1 Å². The van der Waals surface area contributed by atoms with Crippen LogP contribution in [-0.4, -0.2) is 24.5 Å². The van der Waals surface area contributed by atoms with Gasteiger partial charge in [0, 0.05) is 5.02 Å². The number of halogens is 2. The minimum Gasteiger partial charge on any atom is -0.484 e. The molecule has 0 bridgehead atoms. The molecular weight excluding hydrogens is 379 g/mol. The summed E-state index contributed by atoms with van der Waals surface area (Å²) < 4.78 is 10.8. The number of aryl methyl sites for hydroxylation is 1. The Hall–Kier alpha value is -2.44. The average Bonchev–Trinajstić information content (AvgIpc) is 2.60.